The van der Waals surface area contributed by atoms with Crippen LogP contribution in [0.3, 0.4) is 0 Å². The van der Waals surface area contributed by atoms with Crippen molar-refractivity contribution in [3.63, 3.8) is 0 Å². The summed E-state index contributed by atoms with van der Waals surface area (Å²) in [7, 11) is 4.09. The van der Waals surface area contributed by atoms with E-state index in [2.05, 4.69) is 15.2 Å². The third-order valence-electron chi connectivity index (χ3n) is 4.78. The van der Waals surface area contributed by atoms with E-state index in [9.17, 15) is 9.90 Å². The van der Waals surface area contributed by atoms with E-state index in [4.69, 9.17) is 0 Å². The Morgan fingerprint density at radius 1 is 1.23 bits per heavy atom. The maximum atomic E-state index is 13.2. The molecular weight excluding hydrogens is 328 g/mol. The van der Waals surface area contributed by atoms with Gasteiger partial charge in [0.25, 0.3) is 0 Å². The summed E-state index contributed by atoms with van der Waals surface area (Å²) in [4.78, 5) is 20.0. The monoisotopic (exact) mass is 350 g/mol. The number of anilines is 1. The Kier molecular flexibility index (Phi) is 3.92. The highest BCUT2D eigenvalue weighted by Crippen LogP contribution is 2.30. The number of imidazole rings is 1. The molecule has 0 aliphatic heterocycles. The quantitative estimate of drug-likeness (QED) is 0.428. The Morgan fingerprint density at radius 3 is 2.81 bits per heavy atom. The molecule has 0 amide bonds. The molecule has 6 heteroatoms. The van der Waals surface area contributed by atoms with Crippen LogP contribution < -0.4 is 10.7 Å². The van der Waals surface area contributed by atoms with Crippen molar-refractivity contribution < 1.29 is 5.11 Å². The van der Waals surface area contributed by atoms with Gasteiger partial charge in [-0.25, -0.2) is 4.98 Å². The molecule has 0 fully saturated rings. The normalized spacial score (nSPS) is 12.0. The van der Waals surface area contributed by atoms with E-state index in [1.807, 2.05) is 37.6 Å². The van der Waals surface area contributed by atoms with Gasteiger partial charge in [-0.2, -0.15) is 0 Å². The number of hydrogen-bond acceptors (Lipinski definition) is 5. The molecule has 0 aliphatic rings. The maximum absolute atomic E-state index is 13.2. The predicted molar refractivity (Wildman–Crippen MR) is 106 cm³/mol. The summed E-state index contributed by atoms with van der Waals surface area (Å²) in [5.41, 5.74) is 3.15. The summed E-state index contributed by atoms with van der Waals surface area (Å²) in [6.45, 7) is 3.69. The number of aromatic hydroxyl groups is 1. The zero-order valence-electron chi connectivity index (χ0n) is 15.2. The van der Waals surface area contributed by atoms with Gasteiger partial charge in [0.2, 0.25) is 0 Å². The van der Waals surface area contributed by atoms with Gasteiger partial charge in [-0.3, -0.25) is 9.20 Å². The fourth-order valence-corrected chi connectivity index (χ4v) is 3.61. The van der Waals surface area contributed by atoms with Gasteiger partial charge in [0.1, 0.15) is 11.6 Å². The van der Waals surface area contributed by atoms with E-state index >= 15 is 0 Å². The molecule has 0 atom stereocenters. The minimum Gasteiger partial charge on any atom is -0.508 e. The summed E-state index contributed by atoms with van der Waals surface area (Å²) in [5.74, 6) is 0.913. The molecule has 0 unspecified atom stereocenters. The Balaban J connectivity index is 1.95. The highest BCUT2D eigenvalue weighted by molar-refractivity contribution is 6.07. The molecule has 134 valence electrons. The third kappa shape index (κ3) is 2.54. The summed E-state index contributed by atoms with van der Waals surface area (Å²) >= 11 is 0. The van der Waals surface area contributed by atoms with E-state index in [-0.39, 0.29) is 11.2 Å². The van der Waals surface area contributed by atoms with Crippen molar-refractivity contribution in [3.05, 3.63) is 46.4 Å². The van der Waals surface area contributed by atoms with Gasteiger partial charge in [-0.05, 0) is 64.3 Å². The average Bonchev–Trinajstić information content (AvgIpc) is 2.93. The Hall–Kier alpha value is -2.86. The first kappa shape index (κ1) is 16.6. The molecule has 26 heavy (non-hydrogen) atoms. The number of fused-ring (bicyclic) bond motifs is 2. The lowest BCUT2D eigenvalue weighted by molar-refractivity contribution is 0.405. The summed E-state index contributed by atoms with van der Waals surface area (Å²) in [6, 6.07) is 8.79. The topological polar surface area (TPSA) is 69.9 Å². The van der Waals surface area contributed by atoms with Gasteiger partial charge in [0.15, 0.2) is 5.43 Å². The number of pyridine rings is 1. The number of rotatable bonds is 5. The minimum atomic E-state index is -0.0796. The summed E-state index contributed by atoms with van der Waals surface area (Å²) in [6.07, 6.45) is 0.980. The average molecular weight is 350 g/mol. The number of benzene rings is 2. The molecule has 4 rings (SSSR count). The van der Waals surface area contributed by atoms with Crippen LogP contribution in [0.5, 0.6) is 5.75 Å². The van der Waals surface area contributed by atoms with Crippen LogP contribution in [0.1, 0.15) is 12.2 Å². The SMILES string of the molecule is Cc1nc2ccc(NCCCN(C)C)c3c(=O)c4cc(O)ccc4n1c23. The standard InChI is InChI=1S/C20H22N4O2/c1-12-22-16-7-6-15(21-9-4-10-23(2)3)18-19(16)24(12)17-8-5-13(25)11-14(17)20(18)26/h5-8,11,21,25H,4,9-10H2,1-3H3. The molecule has 0 saturated carbocycles. The van der Waals surface area contributed by atoms with E-state index in [0.717, 1.165) is 47.6 Å². The van der Waals surface area contributed by atoms with Crippen molar-refractivity contribution in [2.45, 2.75) is 13.3 Å². The van der Waals surface area contributed by atoms with Crippen LogP contribution in [0.2, 0.25) is 0 Å². The molecule has 0 saturated heterocycles. The molecule has 2 heterocycles. The van der Waals surface area contributed by atoms with Gasteiger partial charge >= 0.3 is 0 Å². The minimum absolute atomic E-state index is 0.0796. The Morgan fingerprint density at radius 2 is 2.04 bits per heavy atom. The zero-order chi connectivity index (χ0) is 18.4. The van der Waals surface area contributed by atoms with E-state index in [1.165, 1.54) is 6.07 Å². The van der Waals surface area contributed by atoms with Crippen molar-refractivity contribution in [2.75, 3.05) is 32.5 Å². The van der Waals surface area contributed by atoms with Crippen molar-refractivity contribution in [2.24, 2.45) is 0 Å². The van der Waals surface area contributed by atoms with Crippen LogP contribution in [-0.4, -0.2) is 46.6 Å². The molecule has 0 bridgehead atoms. The van der Waals surface area contributed by atoms with E-state index in [1.54, 1.807) is 12.1 Å². The number of aromatic nitrogens is 2. The van der Waals surface area contributed by atoms with Gasteiger partial charge in [-0.15, -0.1) is 0 Å². The Bertz CT molecular complexity index is 1160. The van der Waals surface area contributed by atoms with Crippen LogP contribution in [0.25, 0.3) is 27.3 Å². The van der Waals surface area contributed by atoms with Gasteiger partial charge in [-0.1, -0.05) is 0 Å². The number of phenolic OH excluding ortho intramolecular Hbond substituents is 1. The van der Waals surface area contributed by atoms with Gasteiger partial charge < -0.3 is 15.3 Å². The lowest BCUT2D eigenvalue weighted by atomic mass is 10.1. The van der Waals surface area contributed by atoms with Crippen LogP contribution in [0.15, 0.2) is 35.1 Å². The second-order valence-electron chi connectivity index (χ2n) is 6.96. The van der Waals surface area contributed by atoms with Crippen molar-refractivity contribution in [3.8, 4) is 5.75 Å². The number of nitrogens with zero attached hydrogens (tertiary/aromatic N) is 3. The van der Waals surface area contributed by atoms with Crippen LogP contribution in [0, 0.1) is 6.92 Å². The molecule has 2 aromatic carbocycles. The van der Waals surface area contributed by atoms with Crippen molar-refractivity contribution in [1.29, 1.82) is 0 Å². The fraction of sp³-hybridized carbons (Fsp3) is 0.300. The summed E-state index contributed by atoms with van der Waals surface area (Å²) < 4.78 is 2.01. The van der Waals surface area contributed by atoms with Gasteiger partial charge in [0, 0.05) is 12.2 Å². The molecular formula is C20H22N4O2. The van der Waals surface area contributed by atoms with Crippen molar-refractivity contribution in [1.82, 2.24) is 14.3 Å². The third-order valence-corrected chi connectivity index (χ3v) is 4.78. The number of nitrogens with one attached hydrogen (secondary N) is 1. The molecule has 0 aliphatic carbocycles. The molecule has 4 aromatic rings. The second-order valence-corrected chi connectivity index (χ2v) is 6.96. The first-order valence-corrected chi connectivity index (χ1v) is 8.76. The first-order chi connectivity index (χ1) is 12.5. The lowest BCUT2D eigenvalue weighted by Gasteiger charge is -2.13. The van der Waals surface area contributed by atoms with Crippen LogP contribution in [0.4, 0.5) is 5.69 Å². The van der Waals surface area contributed by atoms with Crippen LogP contribution >= 0.6 is 0 Å². The number of hydrogen-bond donors (Lipinski definition) is 2. The highest BCUT2D eigenvalue weighted by Gasteiger charge is 2.18. The van der Waals surface area contributed by atoms with E-state index < -0.39 is 0 Å². The van der Waals surface area contributed by atoms with Gasteiger partial charge in [0.05, 0.1) is 27.3 Å². The molecule has 0 spiro atoms. The second kappa shape index (κ2) is 6.14. The molecule has 2 aromatic heterocycles. The number of phenols is 1. The molecule has 0 radical (unpaired) electrons. The predicted octanol–water partition coefficient (Wildman–Crippen LogP) is 2.82. The summed E-state index contributed by atoms with van der Waals surface area (Å²) in [5, 5.41) is 14.4. The zero-order valence-corrected chi connectivity index (χ0v) is 15.2. The maximum Gasteiger partial charge on any atom is 0.199 e. The molecule has 2 N–H and O–H groups in total. The Labute approximate surface area is 151 Å². The van der Waals surface area contributed by atoms with Crippen molar-refractivity contribution >= 4 is 33.0 Å². The largest absolute Gasteiger partial charge is 0.508 e. The molecule has 6 nitrogen and oxygen atoms in total. The number of aryl methyl sites for hydroxylation is 1. The highest BCUT2D eigenvalue weighted by atomic mass is 16.3. The van der Waals surface area contributed by atoms with Crippen LogP contribution in [-0.2, 0) is 0 Å². The lowest BCUT2D eigenvalue weighted by Crippen LogP contribution is -2.17. The first-order valence-electron chi connectivity index (χ1n) is 8.76. The van der Waals surface area contributed by atoms with E-state index in [0.29, 0.717) is 10.8 Å². The fourth-order valence-electron chi connectivity index (χ4n) is 3.61. The smallest absolute Gasteiger partial charge is 0.199 e.